The Morgan fingerprint density at radius 3 is 2.70 bits per heavy atom. The predicted octanol–water partition coefficient (Wildman–Crippen LogP) is 2.56. The molecule has 114 valence electrons. The van der Waals surface area contributed by atoms with E-state index in [1.54, 1.807) is 19.1 Å². The van der Waals surface area contributed by atoms with Gasteiger partial charge in [-0.05, 0) is 57.6 Å². The lowest BCUT2D eigenvalue weighted by molar-refractivity contribution is -0.127. The molecule has 0 aliphatic rings. The molecule has 0 fully saturated rings. The third-order valence-corrected chi connectivity index (χ3v) is 3.14. The van der Waals surface area contributed by atoms with Crippen LogP contribution in [0, 0.1) is 6.92 Å². The van der Waals surface area contributed by atoms with Crippen LogP contribution in [0.25, 0.3) is 0 Å². The van der Waals surface area contributed by atoms with Crippen LogP contribution >= 0.6 is 24.0 Å². The lowest BCUT2D eigenvalue weighted by Crippen LogP contribution is -2.37. The van der Waals surface area contributed by atoms with E-state index >= 15 is 0 Å². The molecule has 0 saturated heterocycles. The third-order valence-electron chi connectivity index (χ3n) is 2.71. The molecule has 1 amide bonds. The summed E-state index contributed by atoms with van der Waals surface area (Å²) in [5, 5.41) is 6.55. The van der Waals surface area contributed by atoms with Gasteiger partial charge in [-0.25, -0.2) is 0 Å². The Kier molecular flexibility index (Phi) is 9.38. The van der Waals surface area contributed by atoms with Gasteiger partial charge in [0.05, 0.1) is 0 Å². The van der Waals surface area contributed by atoms with Gasteiger partial charge in [-0.3, -0.25) is 4.79 Å². The highest BCUT2D eigenvalue weighted by atomic mass is 35.5. The molecule has 20 heavy (non-hydrogen) atoms. The van der Waals surface area contributed by atoms with Crippen LogP contribution in [0.4, 0.5) is 0 Å². The number of ether oxygens (including phenoxy) is 1. The zero-order valence-electron chi connectivity index (χ0n) is 12.0. The van der Waals surface area contributed by atoms with Gasteiger partial charge in [0.25, 0.3) is 5.91 Å². The van der Waals surface area contributed by atoms with Gasteiger partial charge >= 0.3 is 0 Å². The summed E-state index contributed by atoms with van der Waals surface area (Å²) in [5.74, 6) is 0.545. The average molecular weight is 321 g/mol. The number of aryl methyl sites for hydroxylation is 1. The molecule has 6 heteroatoms. The first kappa shape index (κ1) is 19.0. The average Bonchev–Trinajstić information content (AvgIpc) is 2.38. The Hall–Kier alpha value is -0.970. The molecular weight excluding hydrogens is 299 g/mol. The van der Waals surface area contributed by atoms with Crippen molar-refractivity contribution in [3.8, 4) is 5.75 Å². The molecule has 4 nitrogen and oxygen atoms in total. The number of rotatable bonds is 7. The molecule has 1 aromatic rings. The largest absolute Gasteiger partial charge is 0.481 e. The number of nitrogens with one attached hydrogen (secondary N) is 2. The topological polar surface area (TPSA) is 50.4 Å². The lowest BCUT2D eigenvalue weighted by Gasteiger charge is -2.15. The van der Waals surface area contributed by atoms with Crippen molar-refractivity contribution in [3.05, 3.63) is 28.8 Å². The summed E-state index contributed by atoms with van der Waals surface area (Å²) in [6, 6.07) is 5.36. The molecule has 0 aromatic heterocycles. The summed E-state index contributed by atoms with van der Waals surface area (Å²) in [4.78, 5) is 11.8. The Balaban J connectivity index is 0.00000361. The van der Waals surface area contributed by atoms with E-state index in [9.17, 15) is 4.79 Å². The van der Waals surface area contributed by atoms with Crippen molar-refractivity contribution >= 4 is 29.9 Å². The molecule has 0 spiro atoms. The summed E-state index contributed by atoms with van der Waals surface area (Å²) < 4.78 is 5.58. The monoisotopic (exact) mass is 320 g/mol. The van der Waals surface area contributed by atoms with E-state index in [2.05, 4.69) is 10.6 Å². The van der Waals surface area contributed by atoms with Crippen molar-refractivity contribution in [3.63, 3.8) is 0 Å². The molecule has 2 N–H and O–H groups in total. The first-order valence-corrected chi connectivity index (χ1v) is 6.77. The maximum atomic E-state index is 11.8. The van der Waals surface area contributed by atoms with Crippen LogP contribution in [-0.2, 0) is 4.79 Å². The highest BCUT2D eigenvalue weighted by Gasteiger charge is 2.14. The van der Waals surface area contributed by atoms with E-state index in [-0.39, 0.29) is 18.3 Å². The Labute approximate surface area is 131 Å². The number of benzene rings is 1. The predicted molar refractivity (Wildman–Crippen MR) is 85.1 cm³/mol. The van der Waals surface area contributed by atoms with Crippen molar-refractivity contribution in [2.75, 3.05) is 20.1 Å². The van der Waals surface area contributed by atoms with Gasteiger partial charge in [0.2, 0.25) is 0 Å². The van der Waals surface area contributed by atoms with E-state index in [1.165, 1.54) is 0 Å². The van der Waals surface area contributed by atoms with Crippen molar-refractivity contribution in [2.45, 2.75) is 26.4 Å². The first-order valence-electron chi connectivity index (χ1n) is 6.39. The molecule has 0 heterocycles. The lowest BCUT2D eigenvalue weighted by atomic mass is 10.2. The SMILES string of the molecule is CNCCCNC(=O)C(C)Oc1ccc(Cl)c(C)c1.Cl. The second-order valence-electron chi connectivity index (χ2n) is 4.42. The minimum absolute atomic E-state index is 0. The molecule has 0 aliphatic heterocycles. The second-order valence-corrected chi connectivity index (χ2v) is 4.83. The minimum atomic E-state index is -0.518. The zero-order valence-corrected chi connectivity index (χ0v) is 13.6. The molecule has 1 atom stereocenters. The Morgan fingerprint density at radius 1 is 1.40 bits per heavy atom. The molecule has 1 aromatic carbocycles. The molecular formula is C14H22Cl2N2O2. The van der Waals surface area contributed by atoms with Gasteiger partial charge in [-0.2, -0.15) is 0 Å². The standard InChI is InChI=1S/C14H21ClN2O2.ClH/c1-10-9-12(5-6-13(10)15)19-11(2)14(18)17-8-4-7-16-3;/h5-6,9,11,16H,4,7-8H2,1-3H3,(H,17,18);1H. The van der Waals surface area contributed by atoms with Gasteiger partial charge in [0, 0.05) is 11.6 Å². The van der Waals surface area contributed by atoms with Crippen molar-refractivity contribution in [1.82, 2.24) is 10.6 Å². The Bertz CT molecular complexity index is 428. The van der Waals surface area contributed by atoms with Crippen LogP contribution in [0.3, 0.4) is 0 Å². The summed E-state index contributed by atoms with van der Waals surface area (Å²) in [5.41, 5.74) is 0.931. The maximum Gasteiger partial charge on any atom is 0.260 e. The van der Waals surface area contributed by atoms with Gasteiger partial charge in [0.15, 0.2) is 6.10 Å². The molecule has 1 rings (SSSR count). The first-order chi connectivity index (χ1) is 9.04. The van der Waals surface area contributed by atoms with Crippen LogP contribution in [0.15, 0.2) is 18.2 Å². The fourth-order valence-electron chi connectivity index (χ4n) is 1.57. The fraction of sp³-hybridized carbons (Fsp3) is 0.500. The van der Waals surface area contributed by atoms with Gasteiger partial charge < -0.3 is 15.4 Å². The summed E-state index contributed by atoms with van der Waals surface area (Å²) >= 11 is 5.94. The quantitative estimate of drug-likeness (QED) is 0.759. The number of carbonyl (C=O) groups excluding carboxylic acids is 1. The van der Waals surface area contributed by atoms with Crippen molar-refractivity contribution in [1.29, 1.82) is 0 Å². The summed E-state index contributed by atoms with van der Waals surface area (Å²) in [6.45, 7) is 5.16. The number of amides is 1. The summed E-state index contributed by atoms with van der Waals surface area (Å²) in [7, 11) is 1.89. The third kappa shape index (κ3) is 6.46. The van der Waals surface area contributed by atoms with Gasteiger partial charge in [0.1, 0.15) is 5.75 Å². The molecule has 0 aliphatic carbocycles. The van der Waals surface area contributed by atoms with E-state index < -0.39 is 6.10 Å². The number of hydrogen-bond acceptors (Lipinski definition) is 3. The normalized spacial score (nSPS) is 11.4. The van der Waals surface area contributed by atoms with Crippen molar-refractivity contribution < 1.29 is 9.53 Å². The van der Waals surface area contributed by atoms with E-state index in [0.717, 1.165) is 18.5 Å². The van der Waals surface area contributed by atoms with Crippen LogP contribution in [0.1, 0.15) is 18.9 Å². The van der Waals surface area contributed by atoms with Gasteiger partial charge in [-0.1, -0.05) is 11.6 Å². The highest BCUT2D eigenvalue weighted by molar-refractivity contribution is 6.31. The van der Waals surface area contributed by atoms with Crippen LogP contribution in [0.5, 0.6) is 5.75 Å². The zero-order chi connectivity index (χ0) is 14.3. The van der Waals surface area contributed by atoms with Gasteiger partial charge in [-0.15, -0.1) is 12.4 Å². The number of hydrogen-bond donors (Lipinski definition) is 2. The second kappa shape index (κ2) is 9.86. The Morgan fingerprint density at radius 2 is 2.10 bits per heavy atom. The molecule has 0 bridgehead atoms. The van der Waals surface area contributed by atoms with E-state index in [1.807, 2.05) is 20.0 Å². The highest BCUT2D eigenvalue weighted by Crippen LogP contribution is 2.21. The van der Waals surface area contributed by atoms with Crippen LogP contribution in [-0.4, -0.2) is 32.1 Å². The molecule has 0 radical (unpaired) electrons. The van der Waals surface area contributed by atoms with Crippen LogP contribution < -0.4 is 15.4 Å². The van der Waals surface area contributed by atoms with Crippen molar-refractivity contribution in [2.24, 2.45) is 0 Å². The smallest absolute Gasteiger partial charge is 0.260 e. The number of halogens is 2. The minimum Gasteiger partial charge on any atom is -0.481 e. The maximum absolute atomic E-state index is 11.8. The number of carbonyl (C=O) groups is 1. The molecule has 0 saturated carbocycles. The van der Waals surface area contributed by atoms with Crippen LogP contribution in [0.2, 0.25) is 5.02 Å². The van der Waals surface area contributed by atoms with E-state index in [0.29, 0.717) is 17.3 Å². The van der Waals surface area contributed by atoms with E-state index in [4.69, 9.17) is 16.3 Å². The summed E-state index contributed by atoms with van der Waals surface area (Å²) in [6.07, 6.45) is 0.379. The fourth-order valence-corrected chi connectivity index (χ4v) is 1.69. The molecule has 1 unspecified atom stereocenters.